The summed E-state index contributed by atoms with van der Waals surface area (Å²) >= 11 is 0. The first-order chi connectivity index (χ1) is 8.49. The lowest BCUT2D eigenvalue weighted by Crippen LogP contribution is -2.43. The number of benzene rings is 1. The van der Waals surface area contributed by atoms with Gasteiger partial charge in [0.05, 0.1) is 5.92 Å². The maximum Gasteiger partial charge on any atom is 0.401 e. The second-order valence-corrected chi connectivity index (χ2v) is 5.36. The monoisotopic (exact) mass is 254 g/mol. The summed E-state index contributed by atoms with van der Waals surface area (Å²) in [6.45, 7) is 1.76. The Balaban J connectivity index is 2.14. The summed E-state index contributed by atoms with van der Waals surface area (Å²) in [7, 11) is 0. The number of phenols is 1. The van der Waals surface area contributed by atoms with E-state index in [1.165, 1.54) is 0 Å². The molecule has 1 aliphatic heterocycles. The van der Waals surface area contributed by atoms with Crippen LogP contribution in [-0.2, 0) is 0 Å². The number of aryl methyl sites for hydroxylation is 1. The largest absolute Gasteiger partial charge is 0.508 e. The van der Waals surface area contributed by atoms with Crippen LogP contribution in [0.3, 0.4) is 0 Å². The third-order valence-corrected chi connectivity index (χ3v) is 4.08. The molecule has 1 N–H and O–H groups in total. The minimum Gasteiger partial charge on any atom is -0.508 e. The molecule has 4 heteroatoms. The molecule has 2 nitrogen and oxygen atoms in total. The maximum absolute atomic E-state index is 14.0. The van der Waals surface area contributed by atoms with Crippen molar-refractivity contribution >= 4 is 0 Å². The predicted octanol–water partition coefficient (Wildman–Crippen LogP) is 3.96. The predicted molar refractivity (Wildman–Crippen MR) is 63.1 cm³/mol. The van der Waals surface area contributed by atoms with Crippen LogP contribution >= 0.6 is 0 Å². The topological polar surface area (TPSA) is 29.5 Å². The number of fused-ring (bicyclic) bond motifs is 3. The first kappa shape index (κ1) is 11.8. The van der Waals surface area contributed by atoms with E-state index in [0.717, 1.165) is 18.4 Å². The maximum atomic E-state index is 14.0. The number of aromatic hydroxyl groups is 1. The lowest BCUT2D eigenvalue weighted by Gasteiger charge is -2.41. The van der Waals surface area contributed by atoms with E-state index in [4.69, 9.17) is 4.74 Å². The van der Waals surface area contributed by atoms with Crippen LogP contribution in [0.4, 0.5) is 8.78 Å². The van der Waals surface area contributed by atoms with Gasteiger partial charge in [-0.2, -0.15) is 8.78 Å². The molecule has 0 amide bonds. The zero-order valence-corrected chi connectivity index (χ0v) is 10.2. The molecule has 1 aromatic rings. The van der Waals surface area contributed by atoms with Crippen molar-refractivity contribution in [2.45, 2.75) is 44.6 Å². The molecule has 2 atom stereocenters. The van der Waals surface area contributed by atoms with Gasteiger partial charge in [-0.25, -0.2) is 0 Å². The molecule has 98 valence electrons. The van der Waals surface area contributed by atoms with Gasteiger partial charge in [0.1, 0.15) is 11.5 Å². The molecule has 1 saturated carbocycles. The molecule has 0 bridgehead atoms. The highest BCUT2D eigenvalue weighted by Gasteiger charge is 2.52. The fourth-order valence-electron chi connectivity index (χ4n) is 3.30. The third kappa shape index (κ3) is 1.66. The number of ether oxygens (including phenoxy) is 1. The van der Waals surface area contributed by atoms with Crippen molar-refractivity contribution in [3.8, 4) is 11.5 Å². The van der Waals surface area contributed by atoms with Crippen molar-refractivity contribution in [1.29, 1.82) is 0 Å². The Bertz CT molecular complexity index is 485. The normalized spacial score (nSPS) is 29.1. The van der Waals surface area contributed by atoms with Gasteiger partial charge in [0.2, 0.25) is 0 Å². The van der Waals surface area contributed by atoms with Crippen LogP contribution in [0.2, 0.25) is 0 Å². The molecule has 2 aliphatic rings. The Morgan fingerprint density at radius 2 is 2.00 bits per heavy atom. The minimum absolute atomic E-state index is 0.0948. The van der Waals surface area contributed by atoms with Crippen LogP contribution in [0.25, 0.3) is 0 Å². The van der Waals surface area contributed by atoms with Crippen LogP contribution in [0.5, 0.6) is 11.5 Å². The standard InChI is InChI=1S/C14H16F2O2/c1-8-6-11(17)13-9-4-2-3-5-10(9)14(15,16)18-12(13)7-8/h6-7,9-10,17H,2-5H2,1H3. The van der Waals surface area contributed by atoms with E-state index in [1.54, 1.807) is 19.1 Å². The number of rotatable bonds is 0. The first-order valence-electron chi connectivity index (χ1n) is 6.39. The molecular formula is C14H16F2O2. The molecule has 3 rings (SSSR count). The van der Waals surface area contributed by atoms with Gasteiger partial charge in [0.15, 0.2) is 0 Å². The summed E-state index contributed by atoms with van der Waals surface area (Å²) in [5.41, 5.74) is 1.31. The van der Waals surface area contributed by atoms with Gasteiger partial charge in [-0.15, -0.1) is 0 Å². The molecule has 0 aromatic heterocycles. The van der Waals surface area contributed by atoms with E-state index >= 15 is 0 Å². The molecule has 1 aliphatic carbocycles. The van der Waals surface area contributed by atoms with E-state index in [-0.39, 0.29) is 17.4 Å². The number of halogens is 2. The Morgan fingerprint density at radius 3 is 2.78 bits per heavy atom. The van der Waals surface area contributed by atoms with Crippen LogP contribution in [0.15, 0.2) is 12.1 Å². The number of hydrogen-bond acceptors (Lipinski definition) is 2. The lowest BCUT2D eigenvalue weighted by molar-refractivity contribution is -0.235. The molecule has 2 unspecified atom stereocenters. The average Bonchev–Trinajstić information content (AvgIpc) is 2.27. The fourth-order valence-corrected chi connectivity index (χ4v) is 3.30. The highest BCUT2D eigenvalue weighted by molar-refractivity contribution is 5.51. The van der Waals surface area contributed by atoms with Gasteiger partial charge in [-0.1, -0.05) is 12.8 Å². The Labute approximate surface area is 105 Å². The highest BCUT2D eigenvalue weighted by Crippen LogP contribution is 2.55. The quantitative estimate of drug-likeness (QED) is 0.759. The zero-order chi connectivity index (χ0) is 12.9. The summed E-state index contributed by atoms with van der Waals surface area (Å²) in [4.78, 5) is 0. The Kier molecular flexibility index (Phi) is 2.50. The van der Waals surface area contributed by atoms with Crippen LogP contribution in [-0.4, -0.2) is 11.2 Å². The van der Waals surface area contributed by atoms with Gasteiger partial charge in [0, 0.05) is 11.5 Å². The summed E-state index contributed by atoms with van der Waals surface area (Å²) in [6.07, 6.45) is -0.206. The molecule has 18 heavy (non-hydrogen) atoms. The minimum atomic E-state index is -3.11. The van der Waals surface area contributed by atoms with Gasteiger partial charge >= 0.3 is 6.11 Å². The van der Waals surface area contributed by atoms with Crippen molar-refractivity contribution < 1.29 is 18.6 Å². The smallest absolute Gasteiger partial charge is 0.401 e. The lowest BCUT2D eigenvalue weighted by atomic mass is 9.72. The van der Waals surface area contributed by atoms with Crippen molar-refractivity contribution in [2.24, 2.45) is 5.92 Å². The van der Waals surface area contributed by atoms with Gasteiger partial charge in [-0.05, 0) is 37.5 Å². The summed E-state index contributed by atoms with van der Waals surface area (Å²) in [5, 5.41) is 10.0. The molecule has 1 fully saturated rings. The van der Waals surface area contributed by atoms with Crippen molar-refractivity contribution in [1.82, 2.24) is 0 Å². The van der Waals surface area contributed by atoms with E-state index in [2.05, 4.69) is 0 Å². The van der Waals surface area contributed by atoms with E-state index in [9.17, 15) is 13.9 Å². The molecule has 0 radical (unpaired) electrons. The number of hydrogen-bond donors (Lipinski definition) is 1. The van der Waals surface area contributed by atoms with Crippen LogP contribution in [0, 0.1) is 12.8 Å². The second-order valence-electron chi connectivity index (χ2n) is 5.36. The zero-order valence-electron chi connectivity index (χ0n) is 10.2. The average molecular weight is 254 g/mol. The van der Waals surface area contributed by atoms with Crippen molar-refractivity contribution in [2.75, 3.05) is 0 Å². The molecule has 0 spiro atoms. The molecule has 0 saturated heterocycles. The van der Waals surface area contributed by atoms with Crippen LogP contribution in [0.1, 0.15) is 42.7 Å². The highest BCUT2D eigenvalue weighted by atomic mass is 19.3. The molecule has 1 heterocycles. The number of phenolic OH excluding ortho intramolecular Hbond substituents is 1. The first-order valence-corrected chi connectivity index (χ1v) is 6.39. The van der Waals surface area contributed by atoms with E-state index in [0.29, 0.717) is 18.4 Å². The summed E-state index contributed by atoms with van der Waals surface area (Å²) in [6, 6.07) is 3.21. The van der Waals surface area contributed by atoms with E-state index < -0.39 is 12.0 Å². The van der Waals surface area contributed by atoms with Crippen molar-refractivity contribution in [3.05, 3.63) is 23.3 Å². The number of alkyl halides is 2. The van der Waals surface area contributed by atoms with Gasteiger partial charge < -0.3 is 9.84 Å². The second kappa shape index (κ2) is 3.84. The Morgan fingerprint density at radius 1 is 1.28 bits per heavy atom. The summed E-state index contributed by atoms with van der Waals surface area (Å²) in [5.74, 6) is -0.830. The fraction of sp³-hybridized carbons (Fsp3) is 0.571. The SMILES string of the molecule is Cc1cc(O)c2c(c1)OC(F)(F)C1CCCCC21. The van der Waals surface area contributed by atoms with Crippen LogP contribution < -0.4 is 4.74 Å². The van der Waals surface area contributed by atoms with Crippen molar-refractivity contribution in [3.63, 3.8) is 0 Å². The van der Waals surface area contributed by atoms with Gasteiger partial charge in [0.25, 0.3) is 0 Å². The Hall–Kier alpha value is -1.32. The van der Waals surface area contributed by atoms with E-state index in [1.807, 2.05) is 0 Å². The van der Waals surface area contributed by atoms with Gasteiger partial charge in [-0.3, -0.25) is 0 Å². The summed E-state index contributed by atoms with van der Waals surface area (Å²) < 4.78 is 32.8. The third-order valence-electron chi connectivity index (χ3n) is 4.08. The molecular weight excluding hydrogens is 238 g/mol. The molecule has 1 aromatic carbocycles.